The Labute approximate surface area is 200 Å². The number of carbonyl (C=O) groups excluding carboxylic acids is 1. The van der Waals surface area contributed by atoms with E-state index in [2.05, 4.69) is 0 Å². The van der Waals surface area contributed by atoms with E-state index in [4.69, 9.17) is 9.47 Å². The Bertz CT molecular complexity index is 1100. The molecule has 0 unspecified atom stereocenters. The lowest BCUT2D eigenvalue weighted by Crippen LogP contribution is -2.48. The van der Waals surface area contributed by atoms with Crippen LogP contribution in [0.1, 0.15) is 25.0 Å². The molecule has 2 aromatic carbocycles. The van der Waals surface area contributed by atoms with Crippen molar-refractivity contribution in [2.45, 2.75) is 20.0 Å². The number of alkyl halides is 3. The van der Waals surface area contributed by atoms with Crippen LogP contribution in [0, 0.1) is 10.1 Å². The van der Waals surface area contributed by atoms with Gasteiger partial charge in [-0.25, -0.2) is 0 Å². The predicted octanol–water partition coefficient (Wildman–Crippen LogP) is 4.77. The molecule has 0 atom stereocenters. The summed E-state index contributed by atoms with van der Waals surface area (Å²) in [5.41, 5.74) is -0.832. The molecule has 2 aromatic rings. The molecule has 3 rings (SSSR count). The second-order valence-electron chi connectivity index (χ2n) is 7.68. The second-order valence-corrected chi connectivity index (χ2v) is 7.68. The fraction of sp³-hybridized carbons (Fsp3) is 0.375. The molecule has 0 radical (unpaired) electrons. The number of amides is 1. The van der Waals surface area contributed by atoms with Crippen molar-refractivity contribution in [3.63, 3.8) is 0 Å². The number of nitro groups is 1. The van der Waals surface area contributed by atoms with Crippen molar-refractivity contribution in [2.75, 3.05) is 44.3 Å². The third kappa shape index (κ3) is 6.43. The summed E-state index contributed by atoms with van der Waals surface area (Å²) >= 11 is 0. The van der Waals surface area contributed by atoms with Crippen molar-refractivity contribution >= 4 is 23.4 Å². The first kappa shape index (κ1) is 25.9. The Morgan fingerprint density at radius 1 is 1.03 bits per heavy atom. The number of nitrogens with zero attached hydrogens (tertiary/aromatic N) is 3. The molecule has 35 heavy (non-hydrogen) atoms. The molecule has 1 aliphatic rings. The summed E-state index contributed by atoms with van der Waals surface area (Å²) in [5, 5.41) is 11.4. The third-order valence-electron chi connectivity index (χ3n) is 5.42. The van der Waals surface area contributed by atoms with Gasteiger partial charge >= 0.3 is 6.18 Å². The highest BCUT2D eigenvalue weighted by Crippen LogP contribution is 2.37. The van der Waals surface area contributed by atoms with Crippen molar-refractivity contribution in [2.24, 2.45) is 0 Å². The minimum Gasteiger partial charge on any atom is -0.490 e. The fourth-order valence-corrected chi connectivity index (χ4v) is 3.73. The molecule has 0 aliphatic carbocycles. The van der Waals surface area contributed by atoms with Crippen LogP contribution in [-0.2, 0) is 11.0 Å². The van der Waals surface area contributed by atoms with Gasteiger partial charge in [0.15, 0.2) is 11.5 Å². The van der Waals surface area contributed by atoms with Gasteiger partial charge in [0.2, 0.25) is 5.91 Å². The van der Waals surface area contributed by atoms with Crippen LogP contribution in [0.4, 0.5) is 24.5 Å². The lowest BCUT2D eigenvalue weighted by atomic mass is 10.1. The second kappa shape index (κ2) is 11.1. The van der Waals surface area contributed by atoms with Gasteiger partial charge in [-0.1, -0.05) is 6.07 Å². The van der Waals surface area contributed by atoms with Crippen LogP contribution in [0.15, 0.2) is 42.5 Å². The van der Waals surface area contributed by atoms with Gasteiger partial charge in [0, 0.05) is 38.3 Å². The molecule has 1 heterocycles. The van der Waals surface area contributed by atoms with E-state index < -0.39 is 22.4 Å². The highest BCUT2D eigenvalue weighted by atomic mass is 19.4. The van der Waals surface area contributed by atoms with E-state index in [1.165, 1.54) is 6.08 Å². The summed E-state index contributed by atoms with van der Waals surface area (Å²) in [6, 6.07) is 7.84. The molecule has 0 saturated carbocycles. The summed E-state index contributed by atoms with van der Waals surface area (Å²) in [7, 11) is 0. The zero-order valence-corrected chi connectivity index (χ0v) is 19.4. The largest absolute Gasteiger partial charge is 0.490 e. The van der Waals surface area contributed by atoms with Crippen LogP contribution in [0.5, 0.6) is 11.5 Å². The first-order valence-electron chi connectivity index (χ1n) is 11.1. The lowest BCUT2D eigenvalue weighted by molar-refractivity contribution is -0.384. The number of nitro benzene ring substituents is 1. The molecule has 1 fully saturated rings. The number of hydrogen-bond acceptors (Lipinski definition) is 6. The normalized spacial score (nSPS) is 14.3. The van der Waals surface area contributed by atoms with E-state index in [0.29, 0.717) is 30.8 Å². The molecular weight excluding hydrogens is 467 g/mol. The van der Waals surface area contributed by atoms with Crippen molar-refractivity contribution in [1.29, 1.82) is 0 Å². The first-order chi connectivity index (χ1) is 16.6. The highest BCUT2D eigenvalue weighted by molar-refractivity contribution is 5.92. The Kier molecular flexibility index (Phi) is 8.21. The fourth-order valence-electron chi connectivity index (χ4n) is 3.73. The number of halogens is 3. The molecule has 0 N–H and O–H groups in total. The van der Waals surface area contributed by atoms with E-state index in [-0.39, 0.29) is 37.8 Å². The molecule has 188 valence electrons. The molecule has 0 bridgehead atoms. The maximum absolute atomic E-state index is 13.0. The molecule has 8 nitrogen and oxygen atoms in total. The van der Waals surface area contributed by atoms with E-state index in [1.54, 1.807) is 34.1 Å². The van der Waals surface area contributed by atoms with Crippen LogP contribution >= 0.6 is 0 Å². The molecule has 0 spiro atoms. The monoisotopic (exact) mass is 493 g/mol. The van der Waals surface area contributed by atoms with Gasteiger partial charge in [0.1, 0.15) is 5.69 Å². The predicted molar refractivity (Wildman–Crippen MR) is 125 cm³/mol. The van der Waals surface area contributed by atoms with E-state index in [9.17, 15) is 28.1 Å². The molecular formula is C24H26F3N3O5. The minimum atomic E-state index is -4.67. The van der Waals surface area contributed by atoms with E-state index in [1.807, 2.05) is 13.8 Å². The maximum Gasteiger partial charge on any atom is 0.416 e. The number of anilines is 1. The first-order valence-corrected chi connectivity index (χ1v) is 11.1. The SMILES string of the molecule is CCOc1ccc(/C=C/C(=O)N2CCN(c3ccc(C(F)(F)F)cc3[N+](=O)[O-])CC2)cc1OCC. The molecule has 0 aromatic heterocycles. The van der Waals surface area contributed by atoms with Crippen LogP contribution < -0.4 is 14.4 Å². The average Bonchev–Trinajstić information content (AvgIpc) is 2.83. The number of rotatable bonds is 8. The molecule has 1 amide bonds. The van der Waals surface area contributed by atoms with Crippen LogP contribution in [0.2, 0.25) is 0 Å². The standard InChI is InChI=1S/C24H26F3N3O5/c1-3-34-21-9-5-17(15-22(21)35-4-2)6-10-23(31)29-13-11-28(12-14-29)19-8-7-18(24(25,26)27)16-20(19)30(32)33/h5-10,15-16H,3-4,11-14H2,1-2H3/b10-6+. The Balaban J connectivity index is 1.66. The summed E-state index contributed by atoms with van der Waals surface area (Å²) in [6.07, 6.45) is -1.58. The number of carbonyl (C=O) groups is 1. The summed E-state index contributed by atoms with van der Waals surface area (Å²) in [6.45, 7) is 5.75. The quantitative estimate of drug-likeness (QED) is 0.299. The van der Waals surface area contributed by atoms with Gasteiger partial charge in [0.05, 0.1) is 23.7 Å². The highest BCUT2D eigenvalue weighted by Gasteiger charge is 2.34. The van der Waals surface area contributed by atoms with E-state index in [0.717, 1.165) is 17.7 Å². The molecule has 1 aliphatic heterocycles. The van der Waals surface area contributed by atoms with Crippen LogP contribution in [0.3, 0.4) is 0 Å². The van der Waals surface area contributed by atoms with Crippen molar-refractivity contribution in [1.82, 2.24) is 4.90 Å². The third-order valence-corrected chi connectivity index (χ3v) is 5.42. The topological polar surface area (TPSA) is 85.2 Å². The Morgan fingerprint density at radius 2 is 1.69 bits per heavy atom. The van der Waals surface area contributed by atoms with Gasteiger partial charge in [-0.05, 0) is 49.8 Å². The van der Waals surface area contributed by atoms with E-state index >= 15 is 0 Å². The van der Waals surface area contributed by atoms with Gasteiger partial charge in [-0.15, -0.1) is 0 Å². The minimum absolute atomic E-state index is 0.100. The average molecular weight is 493 g/mol. The number of benzene rings is 2. The summed E-state index contributed by atoms with van der Waals surface area (Å²) < 4.78 is 50.0. The van der Waals surface area contributed by atoms with Crippen LogP contribution in [0.25, 0.3) is 6.08 Å². The summed E-state index contributed by atoms with van der Waals surface area (Å²) in [4.78, 5) is 26.4. The number of ether oxygens (including phenoxy) is 2. The zero-order chi connectivity index (χ0) is 25.6. The van der Waals surface area contributed by atoms with Gasteiger partial charge in [0.25, 0.3) is 5.69 Å². The molecule has 1 saturated heterocycles. The van der Waals surface area contributed by atoms with Crippen molar-refractivity contribution in [3.05, 3.63) is 63.7 Å². The van der Waals surface area contributed by atoms with Crippen molar-refractivity contribution < 1.29 is 32.4 Å². The lowest BCUT2D eigenvalue weighted by Gasteiger charge is -2.35. The Hall–Kier alpha value is -3.76. The maximum atomic E-state index is 13.0. The van der Waals surface area contributed by atoms with Crippen LogP contribution in [-0.4, -0.2) is 55.1 Å². The smallest absolute Gasteiger partial charge is 0.416 e. The van der Waals surface area contributed by atoms with Gasteiger partial charge in [-0.2, -0.15) is 13.2 Å². The zero-order valence-electron chi connectivity index (χ0n) is 19.4. The van der Waals surface area contributed by atoms with Crippen molar-refractivity contribution in [3.8, 4) is 11.5 Å². The Morgan fingerprint density at radius 3 is 2.29 bits per heavy atom. The number of hydrogen-bond donors (Lipinski definition) is 0. The summed E-state index contributed by atoms with van der Waals surface area (Å²) in [5.74, 6) is 0.959. The van der Waals surface area contributed by atoms with Gasteiger partial charge in [-0.3, -0.25) is 14.9 Å². The molecule has 11 heteroatoms. The van der Waals surface area contributed by atoms with Gasteiger partial charge < -0.3 is 19.3 Å². The number of piperazine rings is 1.